The zero-order valence-electron chi connectivity index (χ0n) is 15.2. The molecule has 4 N–H and O–H groups in total. The van der Waals surface area contributed by atoms with E-state index in [4.69, 9.17) is 17.3 Å². The van der Waals surface area contributed by atoms with Crippen LogP contribution in [0, 0.1) is 5.82 Å². The number of halogens is 2. The Balaban J connectivity index is 2.14. The maximum absolute atomic E-state index is 13.9. The molecule has 0 spiro atoms. The van der Waals surface area contributed by atoms with E-state index in [9.17, 15) is 18.8 Å². The Morgan fingerprint density at radius 1 is 1.00 bits per heavy atom. The summed E-state index contributed by atoms with van der Waals surface area (Å²) >= 11 is 5.84. The smallest absolute Gasteiger partial charge is 0.243 e. The van der Waals surface area contributed by atoms with Gasteiger partial charge in [0.25, 0.3) is 0 Å². The van der Waals surface area contributed by atoms with Crippen molar-refractivity contribution in [2.24, 2.45) is 5.73 Å². The summed E-state index contributed by atoms with van der Waals surface area (Å²) in [7, 11) is 0. The van der Waals surface area contributed by atoms with Crippen LogP contribution in [0.1, 0.15) is 18.1 Å². The van der Waals surface area contributed by atoms with Gasteiger partial charge in [-0.1, -0.05) is 41.9 Å². The highest BCUT2D eigenvalue weighted by Crippen LogP contribution is 2.12. The van der Waals surface area contributed by atoms with Crippen molar-refractivity contribution < 1.29 is 18.8 Å². The van der Waals surface area contributed by atoms with Gasteiger partial charge in [-0.25, -0.2) is 4.39 Å². The van der Waals surface area contributed by atoms with E-state index in [2.05, 4.69) is 10.6 Å². The molecule has 0 aromatic heterocycles. The number of hydrogen-bond acceptors (Lipinski definition) is 3. The molecule has 3 amide bonds. The molecular formula is C20H21ClFN3O3. The second-order valence-corrected chi connectivity index (χ2v) is 6.78. The van der Waals surface area contributed by atoms with Crippen molar-refractivity contribution in [1.29, 1.82) is 0 Å². The standard InChI is InChI=1S/C20H21ClFN3O3/c1-12(26)24-18(11-14-4-2-3-5-16(14)22)20(28)25-17(19(23)27)10-13-6-8-15(21)9-7-13/h2-9,17-18H,10-11H2,1H3,(H2,23,27)(H,24,26)(H,25,28)/t17-,18+/m1/s1. The van der Waals surface area contributed by atoms with Crippen molar-refractivity contribution in [2.45, 2.75) is 31.8 Å². The molecule has 0 aliphatic rings. The summed E-state index contributed by atoms with van der Waals surface area (Å²) in [5.41, 5.74) is 6.43. The lowest BCUT2D eigenvalue weighted by atomic mass is 10.0. The van der Waals surface area contributed by atoms with Crippen LogP contribution in [0.4, 0.5) is 4.39 Å². The van der Waals surface area contributed by atoms with Crippen LogP contribution in [-0.4, -0.2) is 29.8 Å². The maximum Gasteiger partial charge on any atom is 0.243 e. The third-order valence-electron chi connectivity index (χ3n) is 4.09. The van der Waals surface area contributed by atoms with Crippen molar-refractivity contribution in [3.8, 4) is 0 Å². The number of amides is 3. The number of primary amides is 1. The minimum atomic E-state index is -1.05. The third kappa shape index (κ3) is 6.35. The van der Waals surface area contributed by atoms with Crippen LogP contribution in [0.15, 0.2) is 48.5 Å². The molecule has 0 fully saturated rings. The molecule has 0 aliphatic carbocycles. The Labute approximate surface area is 167 Å². The summed E-state index contributed by atoms with van der Waals surface area (Å²) in [6.45, 7) is 1.25. The van der Waals surface area contributed by atoms with Gasteiger partial charge in [-0.2, -0.15) is 0 Å². The van der Waals surface area contributed by atoms with Gasteiger partial charge < -0.3 is 16.4 Å². The van der Waals surface area contributed by atoms with Gasteiger partial charge in [0.1, 0.15) is 17.9 Å². The first-order chi connectivity index (χ1) is 13.3. The molecule has 0 aliphatic heterocycles. The molecule has 2 atom stereocenters. The molecule has 148 valence electrons. The summed E-state index contributed by atoms with van der Waals surface area (Å²) in [5, 5.41) is 5.57. The normalized spacial score (nSPS) is 12.7. The Morgan fingerprint density at radius 2 is 1.64 bits per heavy atom. The summed E-state index contributed by atoms with van der Waals surface area (Å²) in [5.74, 6) is -2.30. The Morgan fingerprint density at radius 3 is 2.21 bits per heavy atom. The van der Waals surface area contributed by atoms with Crippen molar-refractivity contribution >= 4 is 29.3 Å². The molecule has 2 aromatic carbocycles. The number of carbonyl (C=O) groups excluding carboxylic acids is 3. The molecule has 0 saturated heterocycles. The number of rotatable bonds is 8. The quantitative estimate of drug-likeness (QED) is 0.623. The highest BCUT2D eigenvalue weighted by molar-refractivity contribution is 6.30. The maximum atomic E-state index is 13.9. The number of carbonyl (C=O) groups is 3. The fourth-order valence-corrected chi connectivity index (χ4v) is 2.82. The van der Waals surface area contributed by atoms with Crippen LogP contribution < -0.4 is 16.4 Å². The van der Waals surface area contributed by atoms with Crippen molar-refractivity contribution in [1.82, 2.24) is 10.6 Å². The van der Waals surface area contributed by atoms with Crippen molar-refractivity contribution in [3.63, 3.8) is 0 Å². The first-order valence-electron chi connectivity index (χ1n) is 8.61. The average Bonchev–Trinajstić information content (AvgIpc) is 2.63. The summed E-state index contributed by atoms with van der Waals surface area (Å²) in [6.07, 6.45) is 0.0925. The Hall–Kier alpha value is -2.93. The zero-order chi connectivity index (χ0) is 20.7. The first-order valence-corrected chi connectivity index (χ1v) is 8.98. The van der Waals surface area contributed by atoms with Gasteiger partial charge in [-0.15, -0.1) is 0 Å². The second kappa shape index (κ2) is 9.85. The summed E-state index contributed by atoms with van der Waals surface area (Å²) in [4.78, 5) is 36.0. The third-order valence-corrected chi connectivity index (χ3v) is 4.34. The van der Waals surface area contributed by atoms with E-state index in [0.29, 0.717) is 5.02 Å². The summed E-state index contributed by atoms with van der Waals surface area (Å²) < 4.78 is 13.9. The molecular weight excluding hydrogens is 385 g/mol. The monoisotopic (exact) mass is 405 g/mol. The van der Waals surface area contributed by atoms with E-state index in [0.717, 1.165) is 5.56 Å². The van der Waals surface area contributed by atoms with Gasteiger partial charge in [-0.3, -0.25) is 14.4 Å². The molecule has 6 nitrogen and oxygen atoms in total. The Bertz CT molecular complexity index is 858. The molecule has 28 heavy (non-hydrogen) atoms. The highest BCUT2D eigenvalue weighted by atomic mass is 35.5. The van der Waals surface area contributed by atoms with Crippen LogP contribution in [-0.2, 0) is 27.2 Å². The highest BCUT2D eigenvalue weighted by Gasteiger charge is 2.26. The molecule has 0 heterocycles. The fraction of sp³-hybridized carbons (Fsp3) is 0.250. The molecule has 0 bridgehead atoms. The lowest BCUT2D eigenvalue weighted by Gasteiger charge is -2.22. The van der Waals surface area contributed by atoms with Gasteiger partial charge in [0, 0.05) is 24.8 Å². The molecule has 2 aromatic rings. The van der Waals surface area contributed by atoms with E-state index in [1.807, 2.05) is 0 Å². The number of hydrogen-bond donors (Lipinski definition) is 3. The number of benzene rings is 2. The SMILES string of the molecule is CC(=O)N[C@@H](Cc1ccccc1F)C(=O)N[C@H](Cc1ccc(Cl)cc1)C(N)=O. The Kier molecular flexibility index (Phi) is 7.52. The van der Waals surface area contributed by atoms with Crippen LogP contribution >= 0.6 is 11.6 Å². The summed E-state index contributed by atoms with van der Waals surface area (Å²) in [6, 6.07) is 10.7. The van der Waals surface area contributed by atoms with Crippen LogP contribution in [0.25, 0.3) is 0 Å². The second-order valence-electron chi connectivity index (χ2n) is 6.34. The predicted octanol–water partition coefficient (Wildman–Crippen LogP) is 1.74. The molecule has 0 radical (unpaired) electrons. The van der Waals surface area contributed by atoms with Gasteiger partial charge in [0.05, 0.1) is 0 Å². The molecule has 2 rings (SSSR count). The van der Waals surface area contributed by atoms with E-state index in [1.165, 1.54) is 25.1 Å². The molecule has 0 unspecified atom stereocenters. The van der Waals surface area contributed by atoms with Crippen LogP contribution in [0.5, 0.6) is 0 Å². The largest absolute Gasteiger partial charge is 0.368 e. The fourth-order valence-electron chi connectivity index (χ4n) is 2.69. The number of nitrogens with two attached hydrogens (primary N) is 1. The topological polar surface area (TPSA) is 101 Å². The number of nitrogens with one attached hydrogen (secondary N) is 2. The van der Waals surface area contributed by atoms with Gasteiger partial charge >= 0.3 is 0 Å². The average molecular weight is 406 g/mol. The predicted molar refractivity (Wildman–Crippen MR) is 104 cm³/mol. The first kappa shape index (κ1) is 21.4. The van der Waals surface area contributed by atoms with Gasteiger partial charge in [-0.05, 0) is 29.3 Å². The van der Waals surface area contributed by atoms with E-state index in [-0.39, 0.29) is 18.4 Å². The van der Waals surface area contributed by atoms with E-state index < -0.39 is 35.6 Å². The molecule has 0 saturated carbocycles. The molecule has 8 heteroatoms. The van der Waals surface area contributed by atoms with E-state index in [1.54, 1.807) is 30.3 Å². The van der Waals surface area contributed by atoms with Crippen LogP contribution in [0.2, 0.25) is 5.02 Å². The van der Waals surface area contributed by atoms with Crippen LogP contribution in [0.3, 0.4) is 0 Å². The lowest BCUT2D eigenvalue weighted by Crippen LogP contribution is -2.54. The van der Waals surface area contributed by atoms with Crippen molar-refractivity contribution in [2.75, 3.05) is 0 Å². The van der Waals surface area contributed by atoms with Crippen molar-refractivity contribution in [3.05, 3.63) is 70.5 Å². The van der Waals surface area contributed by atoms with E-state index >= 15 is 0 Å². The lowest BCUT2D eigenvalue weighted by molar-refractivity contribution is -0.130. The zero-order valence-corrected chi connectivity index (χ0v) is 16.0. The minimum absolute atomic E-state index is 0.0650. The van der Waals surface area contributed by atoms with Gasteiger partial charge in [0.2, 0.25) is 17.7 Å². The minimum Gasteiger partial charge on any atom is -0.368 e. The van der Waals surface area contributed by atoms with Gasteiger partial charge in [0.15, 0.2) is 0 Å².